The number of amides is 1. The van der Waals surface area contributed by atoms with Gasteiger partial charge < -0.3 is 10.1 Å². The maximum atomic E-state index is 12.6. The maximum absolute atomic E-state index is 12.6. The van der Waals surface area contributed by atoms with Gasteiger partial charge in [0.1, 0.15) is 6.33 Å². The summed E-state index contributed by atoms with van der Waals surface area (Å²) < 4.78 is 7.88. The van der Waals surface area contributed by atoms with Crippen LogP contribution in [0, 0.1) is 0 Å². The summed E-state index contributed by atoms with van der Waals surface area (Å²) in [5, 5.41) is 11.5. The van der Waals surface area contributed by atoms with E-state index in [1.54, 1.807) is 48.8 Å². The van der Waals surface area contributed by atoms with Crippen molar-refractivity contribution in [1.29, 1.82) is 0 Å². The number of nitrogens with one attached hydrogen (secondary N) is 1. The smallest absolute Gasteiger partial charge is 0.266 e. The number of hydrogen-bond acceptors (Lipinski definition) is 5. The summed E-state index contributed by atoms with van der Waals surface area (Å²) in [7, 11) is 0. The first kappa shape index (κ1) is 18.1. The molecule has 5 aromatic rings. The minimum atomic E-state index is -0.298. The lowest BCUT2D eigenvalue weighted by molar-refractivity contribution is 0.102. The second-order valence-electron chi connectivity index (χ2n) is 6.49. The van der Waals surface area contributed by atoms with Crippen molar-refractivity contribution in [2.75, 3.05) is 5.32 Å². The zero-order chi connectivity index (χ0) is 20.5. The number of anilines is 1. The molecule has 0 aliphatic rings. The standard InChI is InChI=1S/C22H14ClN5O2/c23-15-7-5-6-14(12-15)21(29)25-17-9-2-4-11-19(17)30-22-20-27-24-13-28(20)18-10-3-1-8-16(18)26-22/h1-13H,(H,25,29). The van der Waals surface area contributed by atoms with Crippen LogP contribution in [0.2, 0.25) is 5.02 Å². The zero-order valence-corrected chi connectivity index (χ0v) is 16.2. The molecule has 0 bridgehead atoms. The summed E-state index contributed by atoms with van der Waals surface area (Å²) in [5.41, 5.74) is 3.02. The molecule has 0 radical (unpaired) electrons. The van der Waals surface area contributed by atoms with Gasteiger partial charge in [-0.1, -0.05) is 41.9 Å². The van der Waals surface area contributed by atoms with Crippen LogP contribution in [0.3, 0.4) is 0 Å². The number of hydrogen-bond donors (Lipinski definition) is 1. The number of para-hydroxylation sites is 4. The molecule has 2 heterocycles. The van der Waals surface area contributed by atoms with Crippen LogP contribution in [0.5, 0.6) is 11.6 Å². The van der Waals surface area contributed by atoms with Crippen LogP contribution in [0.4, 0.5) is 5.69 Å². The first-order valence-electron chi connectivity index (χ1n) is 9.11. The Bertz CT molecular complexity index is 1400. The molecule has 1 N–H and O–H groups in total. The van der Waals surface area contributed by atoms with Crippen molar-refractivity contribution in [3.63, 3.8) is 0 Å². The molecule has 7 nitrogen and oxygen atoms in total. The molecule has 0 aliphatic heterocycles. The summed E-state index contributed by atoms with van der Waals surface area (Å²) in [4.78, 5) is 17.2. The van der Waals surface area contributed by atoms with Gasteiger partial charge in [0.25, 0.3) is 11.8 Å². The second kappa shape index (κ2) is 7.46. The Labute approximate surface area is 175 Å². The van der Waals surface area contributed by atoms with Crippen LogP contribution >= 0.6 is 11.6 Å². The Morgan fingerprint density at radius 3 is 2.73 bits per heavy atom. The lowest BCUT2D eigenvalue weighted by Gasteiger charge is -2.13. The Morgan fingerprint density at radius 2 is 1.83 bits per heavy atom. The molecule has 1 amide bonds. The van der Waals surface area contributed by atoms with Crippen molar-refractivity contribution in [3.8, 4) is 11.6 Å². The first-order chi connectivity index (χ1) is 14.7. The minimum Gasteiger partial charge on any atom is -0.434 e. The summed E-state index contributed by atoms with van der Waals surface area (Å²) in [6.07, 6.45) is 1.61. The number of rotatable bonds is 4. The molecule has 146 valence electrons. The van der Waals surface area contributed by atoms with Gasteiger partial charge in [0.2, 0.25) is 5.65 Å². The number of carbonyl (C=O) groups excluding carboxylic acids is 1. The average molecular weight is 416 g/mol. The largest absolute Gasteiger partial charge is 0.434 e. The van der Waals surface area contributed by atoms with Gasteiger partial charge >= 0.3 is 0 Å². The van der Waals surface area contributed by atoms with Crippen LogP contribution in [-0.4, -0.2) is 25.5 Å². The molecule has 2 aromatic heterocycles. The Morgan fingerprint density at radius 1 is 1.00 bits per heavy atom. The van der Waals surface area contributed by atoms with Gasteiger partial charge in [-0.25, -0.2) is 4.98 Å². The summed E-state index contributed by atoms with van der Waals surface area (Å²) in [6, 6.07) is 21.5. The number of carbonyl (C=O) groups is 1. The average Bonchev–Trinajstić information content (AvgIpc) is 3.26. The maximum Gasteiger partial charge on any atom is 0.266 e. The Balaban J connectivity index is 1.52. The second-order valence-corrected chi connectivity index (χ2v) is 6.93. The third-order valence-corrected chi connectivity index (χ3v) is 4.77. The molecule has 0 spiro atoms. The molecule has 5 rings (SSSR count). The molecular weight excluding hydrogens is 402 g/mol. The van der Waals surface area contributed by atoms with Gasteiger partial charge in [-0.15, -0.1) is 10.2 Å². The van der Waals surface area contributed by atoms with E-state index in [0.29, 0.717) is 27.7 Å². The van der Waals surface area contributed by atoms with E-state index in [2.05, 4.69) is 20.5 Å². The van der Waals surface area contributed by atoms with E-state index in [1.807, 2.05) is 34.7 Å². The van der Waals surface area contributed by atoms with Crippen LogP contribution < -0.4 is 10.1 Å². The first-order valence-corrected chi connectivity index (χ1v) is 9.49. The Kier molecular flexibility index (Phi) is 4.49. The van der Waals surface area contributed by atoms with Gasteiger partial charge in [-0.05, 0) is 42.5 Å². The molecule has 0 fully saturated rings. The fourth-order valence-electron chi connectivity index (χ4n) is 3.13. The molecule has 3 aromatic carbocycles. The quantitative estimate of drug-likeness (QED) is 0.448. The van der Waals surface area contributed by atoms with Crippen molar-refractivity contribution in [2.45, 2.75) is 0 Å². The van der Waals surface area contributed by atoms with Crippen LogP contribution in [-0.2, 0) is 0 Å². The number of ether oxygens (including phenoxy) is 1. The summed E-state index contributed by atoms with van der Waals surface area (Å²) >= 11 is 5.99. The predicted octanol–water partition coefficient (Wildman–Crippen LogP) is 4.98. The minimum absolute atomic E-state index is 0.288. The predicted molar refractivity (Wildman–Crippen MR) is 114 cm³/mol. The lowest BCUT2D eigenvalue weighted by Crippen LogP contribution is -2.12. The van der Waals surface area contributed by atoms with E-state index in [-0.39, 0.29) is 11.8 Å². The fourth-order valence-corrected chi connectivity index (χ4v) is 3.32. The molecule has 8 heteroatoms. The van der Waals surface area contributed by atoms with E-state index < -0.39 is 0 Å². The molecule has 30 heavy (non-hydrogen) atoms. The fraction of sp³-hybridized carbons (Fsp3) is 0. The van der Waals surface area contributed by atoms with Crippen molar-refractivity contribution in [1.82, 2.24) is 19.6 Å². The van der Waals surface area contributed by atoms with Gasteiger partial charge in [-0.3, -0.25) is 9.20 Å². The number of nitrogens with zero attached hydrogens (tertiary/aromatic N) is 4. The van der Waals surface area contributed by atoms with Gasteiger partial charge in [0, 0.05) is 10.6 Å². The van der Waals surface area contributed by atoms with Crippen LogP contribution in [0.15, 0.2) is 79.1 Å². The Hall–Kier alpha value is -3.97. The number of benzene rings is 3. The third kappa shape index (κ3) is 3.31. The van der Waals surface area contributed by atoms with Crippen molar-refractivity contribution < 1.29 is 9.53 Å². The summed E-state index contributed by atoms with van der Waals surface area (Å²) in [6.45, 7) is 0. The summed E-state index contributed by atoms with van der Waals surface area (Å²) in [5.74, 6) is 0.420. The van der Waals surface area contributed by atoms with Crippen LogP contribution in [0.25, 0.3) is 16.7 Å². The van der Waals surface area contributed by atoms with E-state index in [4.69, 9.17) is 16.3 Å². The zero-order valence-electron chi connectivity index (χ0n) is 15.5. The number of fused-ring (bicyclic) bond motifs is 3. The monoisotopic (exact) mass is 415 g/mol. The van der Waals surface area contributed by atoms with Crippen molar-refractivity contribution in [3.05, 3.63) is 89.7 Å². The van der Waals surface area contributed by atoms with Gasteiger partial charge in [0.05, 0.1) is 16.7 Å². The third-order valence-electron chi connectivity index (χ3n) is 4.53. The highest BCUT2D eigenvalue weighted by atomic mass is 35.5. The highest BCUT2D eigenvalue weighted by Gasteiger charge is 2.15. The van der Waals surface area contributed by atoms with E-state index in [1.165, 1.54) is 0 Å². The van der Waals surface area contributed by atoms with E-state index >= 15 is 0 Å². The topological polar surface area (TPSA) is 81.4 Å². The highest BCUT2D eigenvalue weighted by Crippen LogP contribution is 2.32. The molecule has 0 aliphatic carbocycles. The molecule has 0 atom stereocenters. The normalized spacial score (nSPS) is 11.0. The molecular formula is C22H14ClN5O2. The number of aromatic nitrogens is 4. The van der Waals surface area contributed by atoms with Gasteiger partial charge in [-0.2, -0.15) is 0 Å². The highest BCUT2D eigenvalue weighted by molar-refractivity contribution is 6.31. The SMILES string of the molecule is O=C(Nc1ccccc1Oc1nc2ccccc2n2cnnc12)c1cccc(Cl)c1. The van der Waals surface area contributed by atoms with E-state index in [0.717, 1.165) is 11.0 Å². The number of halogens is 1. The molecule has 0 saturated heterocycles. The van der Waals surface area contributed by atoms with Gasteiger partial charge in [0.15, 0.2) is 5.75 Å². The molecule has 0 saturated carbocycles. The van der Waals surface area contributed by atoms with Crippen molar-refractivity contribution >= 4 is 39.9 Å². The molecule has 0 unspecified atom stereocenters. The lowest BCUT2D eigenvalue weighted by atomic mass is 10.2. The van der Waals surface area contributed by atoms with Crippen molar-refractivity contribution in [2.24, 2.45) is 0 Å². The van der Waals surface area contributed by atoms with E-state index in [9.17, 15) is 4.79 Å². The van der Waals surface area contributed by atoms with Crippen LogP contribution in [0.1, 0.15) is 10.4 Å².